The minimum absolute atomic E-state index is 0.221. The van der Waals surface area contributed by atoms with E-state index in [0.29, 0.717) is 17.8 Å². The van der Waals surface area contributed by atoms with Crippen LogP contribution in [0.15, 0.2) is 24.3 Å². The SMILES string of the molecule is Cc1nc(C(F)(F)F)nc(N2C[C@H](NC3CCN(Cc4ccc(Cl)cc4)CC3)[C@@H](O)C2)c1C. The van der Waals surface area contributed by atoms with E-state index in [2.05, 4.69) is 20.2 Å². The molecule has 2 saturated heterocycles. The zero-order chi connectivity index (χ0) is 23.8. The van der Waals surface area contributed by atoms with Crippen molar-refractivity contribution in [3.63, 3.8) is 0 Å². The Hall–Kier alpha value is -1.94. The average Bonchev–Trinajstić information content (AvgIpc) is 3.12. The first-order chi connectivity index (χ1) is 15.6. The van der Waals surface area contributed by atoms with Gasteiger partial charge >= 0.3 is 6.18 Å². The molecule has 0 amide bonds. The molecule has 6 nitrogen and oxygen atoms in total. The predicted molar refractivity (Wildman–Crippen MR) is 121 cm³/mol. The fourth-order valence-electron chi connectivity index (χ4n) is 4.58. The molecule has 180 valence electrons. The Kier molecular flexibility index (Phi) is 7.14. The topological polar surface area (TPSA) is 64.5 Å². The van der Waals surface area contributed by atoms with E-state index in [1.54, 1.807) is 18.7 Å². The number of benzene rings is 1. The molecule has 0 unspecified atom stereocenters. The first-order valence-electron chi connectivity index (χ1n) is 11.2. The van der Waals surface area contributed by atoms with Crippen LogP contribution in [0.3, 0.4) is 0 Å². The number of nitrogens with one attached hydrogen (secondary N) is 1. The lowest BCUT2D eigenvalue weighted by Crippen LogP contribution is -2.49. The highest BCUT2D eigenvalue weighted by atomic mass is 35.5. The Morgan fingerprint density at radius 1 is 1.09 bits per heavy atom. The minimum atomic E-state index is -4.61. The fourth-order valence-corrected chi connectivity index (χ4v) is 4.71. The van der Waals surface area contributed by atoms with Gasteiger partial charge in [0.1, 0.15) is 5.82 Å². The number of aliphatic hydroxyl groups excluding tert-OH is 1. The van der Waals surface area contributed by atoms with Gasteiger partial charge in [0.15, 0.2) is 0 Å². The van der Waals surface area contributed by atoms with Gasteiger partial charge in [0.2, 0.25) is 5.82 Å². The third-order valence-corrected chi connectivity index (χ3v) is 6.81. The molecule has 2 aliphatic heterocycles. The van der Waals surface area contributed by atoms with Crippen molar-refractivity contribution in [2.45, 2.75) is 57.6 Å². The monoisotopic (exact) mass is 483 g/mol. The molecule has 0 aliphatic carbocycles. The number of hydrogen-bond acceptors (Lipinski definition) is 6. The quantitative estimate of drug-likeness (QED) is 0.678. The maximum absolute atomic E-state index is 13.2. The van der Waals surface area contributed by atoms with Crippen molar-refractivity contribution in [3.05, 3.63) is 51.9 Å². The van der Waals surface area contributed by atoms with Crippen LogP contribution in [0.2, 0.25) is 5.02 Å². The molecule has 0 radical (unpaired) electrons. The summed E-state index contributed by atoms with van der Waals surface area (Å²) in [5.74, 6) is -0.893. The number of aryl methyl sites for hydroxylation is 1. The molecule has 2 fully saturated rings. The number of aromatic nitrogens is 2. The van der Waals surface area contributed by atoms with Gasteiger partial charge in [-0.3, -0.25) is 4.90 Å². The number of nitrogens with zero attached hydrogens (tertiary/aromatic N) is 4. The molecule has 0 saturated carbocycles. The van der Waals surface area contributed by atoms with Gasteiger partial charge in [0.25, 0.3) is 0 Å². The first kappa shape index (κ1) is 24.2. The maximum Gasteiger partial charge on any atom is 0.451 e. The van der Waals surface area contributed by atoms with E-state index < -0.39 is 18.1 Å². The molecule has 1 aromatic carbocycles. The number of hydrogen-bond donors (Lipinski definition) is 2. The number of likely N-dealkylation sites (tertiary alicyclic amines) is 1. The Balaban J connectivity index is 1.34. The third-order valence-electron chi connectivity index (χ3n) is 6.56. The zero-order valence-corrected chi connectivity index (χ0v) is 19.5. The normalized spacial score (nSPS) is 22.8. The van der Waals surface area contributed by atoms with Crippen molar-refractivity contribution >= 4 is 17.4 Å². The van der Waals surface area contributed by atoms with Crippen LogP contribution in [0, 0.1) is 13.8 Å². The van der Waals surface area contributed by atoms with Gasteiger partial charge in [-0.15, -0.1) is 0 Å². The highest BCUT2D eigenvalue weighted by molar-refractivity contribution is 6.30. The summed E-state index contributed by atoms with van der Waals surface area (Å²) in [6.07, 6.45) is -3.40. The van der Waals surface area contributed by atoms with Gasteiger partial charge in [-0.1, -0.05) is 23.7 Å². The van der Waals surface area contributed by atoms with Gasteiger partial charge in [0.05, 0.1) is 12.1 Å². The van der Waals surface area contributed by atoms with Crippen molar-refractivity contribution < 1.29 is 18.3 Å². The van der Waals surface area contributed by atoms with Crippen molar-refractivity contribution in [1.82, 2.24) is 20.2 Å². The Morgan fingerprint density at radius 3 is 2.39 bits per heavy atom. The highest BCUT2D eigenvalue weighted by Gasteiger charge is 2.39. The largest absolute Gasteiger partial charge is 0.451 e. The summed E-state index contributed by atoms with van der Waals surface area (Å²) >= 11 is 5.96. The van der Waals surface area contributed by atoms with Gasteiger partial charge in [-0.05, 0) is 57.5 Å². The summed E-state index contributed by atoms with van der Waals surface area (Å²) in [6, 6.07) is 7.91. The van der Waals surface area contributed by atoms with Crippen molar-refractivity contribution in [1.29, 1.82) is 0 Å². The molecule has 2 aliphatic rings. The van der Waals surface area contributed by atoms with Gasteiger partial charge in [-0.2, -0.15) is 13.2 Å². The summed E-state index contributed by atoms with van der Waals surface area (Å²) in [4.78, 5) is 11.5. The minimum Gasteiger partial charge on any atom is -0.390 e. The lowest BCUT2D eigenvalue weighted by molar-refractivity contribution is -0.145. The molecule has 1 aromatic heterocycles. The van der Waals surface area contributed by atoms with E-state index in [9.17, 15) is 18.3 Å². The fraction of sp³-hybridized carbons (Fsp3) is 0.565. The van der Waals surface area contributed by atoms with Crippen LogP contribution in [0.4, 0.5) is 19.0 Å². The standard InChI is InChI=1S/C23H29ClF3N5O/c1-14-15(2)28-22(23(25,26)27)30-21(14)32-12-19(20(33)13-32)29-18-7-9-31(10-8-18)11-16-3-5-17(24)6-4-16/h3-6,18-20,29,33H,7-13H2,1-2H3/t19-,20-/m0/s1. The second-order valence-electron chi connectivity index (χ2n) is 9.00. The summed E-state index contributed by atoms with van der Waals surface area (Å²) in [7, 11) is 0. The molecule has 2 N–H and O–H groups in total. The molecule has 4 rings (SSSR count). The van der Waals surface area contributed by atoms with Crippen LogP contribution in [0.25, 0.3) is 0 Å². The lowest BCUT2D eigenvalue weighted by atomic mass is 10.0. The molecule has 2 aromatic rings. The number of alkyl halides is 3. The second-order valence-corrected chi connectivity index (χ2v) is 9.44. The lowest BCUT2D eigenvalue weighted by Gasteiger charge is -2.34. The Bertz CT molecular complexity index is 964. The van der Waals surface area contributed by atoms with Gasteiger partial charge < -0.3 is 15.3 Å². The predicted octanol–water partition coefficient (Wildman–Crippen LogP) is 3.57. The van der Waals surface area contributed by atoms with E-state index in [-0.39, 0.29) is 24.4 Å². The summed E-state index contributed by atoms with van der Waals surface area (Å²) in [5, 5.41) is 14.9. The smallest absolute Gasteiger partial charge is 0.390 e. The Labute approximate surface area is 196 Å². The van der Waals surface area contributed by atoms with Crippen molar-refractivity contribution in [3.8, 4) is 0 Å². The van der Waals surface area contributed by atoms with Crippen molar-refractivity contribution in [2.75, 3.05) is 31.1 Å². The molecule has 0 bridgehead atoms. The van der Waals surface area contributed by atoms with Crippen LogP contribution in [-0.2, 0) is 12.7 Å². The number of halogens is 4. The second kappa shape index (κ2) is 9.74. The van der Waals surface area contributed by atoms with E-state index in [4.69, 9.17) is 11.6 Å². The highest BCUT2D eigenvalue weighted by Crippen LogP contribution is 2.31. The zero-order valence-electron chi connectivity index (χ0n) is 18.7. The van der Waals surface area contributed by atoms with E-state index in [1.807, 2.05) is 24.3 Å². The maximum atomic E-state index is 13.2. The number of aliphatic hydroxyl groups is 1. The van der Waals surface area contributed by atoms with Crippen LogP contribution < -0.4 is 10.2 Å². The summed E-state index contributed by atoms with van der Waals surface area (Å²) in [6.45, 7) is 6.65. The number of piperidine rings is 1. The molecule has 2 atom stereocenters. The van der Waals surface area contributed by atoms with Crippen LogP contribution in [0.5, 0.6) is 0 Å². The van der Waals surface area contributed by atoms with Crippen LogP contribution >= 0.6 is 11.6 Å². The van der Waals surface area contributed by atoms with E-state index >= 15 is 0 Å². The first-order valence-corrected chi connectivity index (χ1v) is 11.6. The van der Waals surface area contributed by atoms with E-state index in [0.717, 1.165) is 37.5 Å². The molecular formula is C23H29ClF3N5O. The number of anilines is 1. The molecule has 3 heterocycles. The average molecular weight is 484 g/mol. The van der Waals surface area contributed by atoms with Crippen LogP contribution in [-0.4, -0.2) is 64.3 Å². The number of β-amino-alcohol motifs (C(OH)–C–C–N with tert-alkyl or cyclic N) is 1. The number of rotatable bonds is 5. The Morgan fingerprint density at radius 2 is 1.76 bits per heavy atom. The molecule has 10 heteroatoms. The third kappa shape index (κ3) is 5.77. The summed E-state index contributed by atoms with van der Waals surface area (Å²) in [5.41, 5.74) is 2.12. The molecule has 33 heavy (non-hydrogen) atoms. The summed E-state index contributed by atoms with van der Waals surface area (Å²) < 4.78 is 39.6. The van der Waals surface area contributed by atoms with Crippen molar-refractivity contribution in [2.24, 2.45) is 0 Å². The van der Waals surface area contributed by atoms with Crippen LogP contribution in [0.1, 0.15) is 35.5 Å². The molecular weight excluding hydrogens is 455 g/mol. The van der Waals surface area contributed by atoms with Gasteiger partial charge in [-0.25, -0.2) is 9.97 Å². The molecule has 0 spiro atoms. The van der Waals surface area contributed by atoms with E-state index in [1.165, 1.54) is 5.56 Å². The van der Waals surface area contributed by atoms with Gasteiger partial charge in [0, 0.05) is 42.0 Å².